The minimum absolute atomic E-state index is 0.0684. The molecule has 0 bridgehead atoms. The van der Waals surface area contributed by atoms with E-state index in [9.17, 15) is 9.59 Å². The van der Waals surface area contributed by atoms with Crippen molar-refractivity contribution in [2.45, 2.75) is 161 Å². The van der Waals surface area contributed by atoms with Crippen LogP contribution < -0.4 is 0 Å². The van der Waals surface area contributed by atoms with Crippen LogP contribution in [0.3, 0.4) is 0 Å². The Morgan fingerprint density at radius 2 is 1.15 bits per heavy atom. The zero-order valence-electron chi connectivity index (χ0n) is 22.0. The number of carbonyl (C=O) groups excluding carboxylic acids is 1. The second-order valence-corrected chi connectivity index (χ2v) is 9.58. The number of esters is 1. The van der Waals surface area contributed by atoms with E-state index in [0.717, 1.165) is 51.4 Å². The molecule has 0 saturated heterocycles. The lowest BCUT2D eigenvalue weighted by atomic mass is 10.1. The molecule has 0 aliphatic carbocycles. The van der Waals surface area contributed by atoms with Crippen LogP contribution in [0.5, 0.6) is 0 Å². The molecule has 1 atom stereocenters. The SMILES string of the molecule is CCCCCC/C=C\C(CCCCCCC(=O)O)OC(=O)CCCCCCCCCCCC. The molecule has 0 spiro atoms. The average molecular weight is 467 g/mol. The van der Waals surface area contributed by atoms with Crippen LogP contribution in [0.4, 0.5) is 0 Å². The molecule has 4 nitrogen and oxygen atoms in total. The summed E-state index contributed by atoms with van der Waals surface area (Å²) < 4.78 is 5.79. The number of hydrogen-bond acceptors (Lipinski definition) is 3. The zero-order valence-corrected chi connectivity index (χ0v) is 22.0. The number of allylic oxidation sites excluding steroid dienone is 1. The lowest BCUT2D eigenvalue weighted by molar-refractivity contribution is -0.147. The summed E-state index contributed by atoms with van der Waals surface area (Å²) in [6, 6.07) is 0. The lowest BCUT2D eigenvalue weighted by Gasteiger charge is -2.15. The first-order valence-corrected chi connectivity index (χ1v) is 14.2. The van der Waals surface area contributed by atoms with E-state index in [-0.39, 0.29) is 18.5 Å². The Hall–Kier alpha value is -1.32. The summed E-state index contributed by atoms with van der Waals surface area (Å²) in [6.45, 7) is 4.47. The molecule has 4 heteroatoms. The molecular formula is C29H54O4. The highest BCUT2D eigenvalue weighted by Crippen LogP contribution is 2.15. The summed E-state index contributed by atoms with van der Waals surface area (Å²) in [5.41, 5.74) is 0. The molecule has 0 rings (SSSR count). The molecule has 1 unspecified atom stereocenters. The zero-order chi connectivity index (χ0) is 24.4. The van der Waals surface area contributed by atoms with Crippen LogP contribution in [0.1, 0.15) is 155 Å². The van der Waals surface area contributed by atoms with Crippen LogP contribution in [-0.4, -0.2) is 23.1 Å². The van der Waals surface area contributed by atoms with Crippen molar-refractivity contribution in [1.82, 2.24) is 0 Å². The van der Waals surface area contributed by atoms with Crippen molar-refractivity contribution < 1.29 is 19.4 Å². The van der Waals surface area contributed by atoms with Gasteiger partial charge in [0, 0.05) is 12.8 Å². The highest BCUT2D eigenvalue weighted by molar-refractivity contribution is 5.69. The predicted molar refractivity (Wildman–Crippen MR) is 140 cm³/mol. The van der Waals surface area contributed by atoms with Crippen molar-refractivity contribution >= 4 is 11.9 Å². The van der Waals surface area contributed by atoms with Gasteiger partial charge in [0.05, 0.1) is 0 Å². The second-order valence-electron chi connectivity index (χ2n) is 9.58. The fourth-order valence-electron chi connectivity index (χ4n) is 4.09. The van der Waals surface area contributed by atoms with Gasteiger partial charge in [-0.15, -0.1) is 0 Å². The Morgan fingerprint density at radius 1 is 0.667 bits per heavy atom. The minimum Gasteiger partial charge on any atom is -0.481 e. The van der Waals surface area contributed by atoms with Gasteiger partial charge in [-0.2, -0.15) is 0 Å². The Morgan fingerprint density at radius 3 is 1.73 bits per heavy atom. The number of ether oxygens (including phenoxy) is 1. The van der Waals surface area contributed by atoms with Crippen molar-refractivity contribution in [2.24, 2.45) is 0 Å². The van der Waals surface area contributed by atoms with Crippen molar-refractivity contribution in [3.63, 3.8) is 0 Å². The monoisotopic (exact) mass is 466 g/mol. The van der Waals surface area contributed by atoms with Gasteiger partial charge >= 0.3 is 11.9 Å². The molecule has 1 N–H and O–H groups in total. The first-order valence-electron chi connectivity index (χ1n) is 14.2. The molecular weight excluding hydrogens is 412 g/mol. The van der Waals surface area contributed by atoms with E-state index in [1.54, 1.807) is 0 Å². The third-order valence-electron chi connectivity index (χ3n) is 6.22. The summed E-state index contributed by atoms with van der Waals surface area (Å²) in [6.07, 6.45) is 28.0. The van der Waals surface area contributed by atoms with Crippen LogP contribution in [0.2, 0.25) is 0 Å². The van der Waals surface area contributed by atoms with Gasteiger partial charge < -0.3 is 9.84 Å². The van der Waals surface area contributed by atoms with Crippen LogP contribution >= 0.6 is 0 Å². The maximum atomic E-state index is 12.4. The molecule has 0 radical (unpaired) electrons. The molecule has 0 aromatic carbocycles. The van der Waals surface area contributed by atoms with Crippen molar-refractivity contribution in [1.29, 1.82) is 0 Å². The second kappa shape index (κ2) is 25.3. The van der Waals surface area contributed by atoms with Crippen LogP contribution in [0, 0.1) is 0 Å². The van der Waals surface area contributed by atoms with E-state index in [4.69, 9.17) is 9.84 Å². The maximum Gasteiger partial charge on any atom is 0.306 e. The smallest absolute Gasteiger partial charge is 0.306 e. The van der Waals surface area contributed by atoms with Crippen LogP contribution in [0.25, 0.3) is 0 Å². The fourth-order valence-corrected chi connectivity index (χ4v) is 4.09. The van der Waals surface area contributed by atoms with E-state index >= 15 is 0 Å². The number of carbonyl (C=O) groups is 2. The summed E-state index contributed by atoms with van der Waals surface area (Å²) >= 11 is 0. The van der Waals surface area contributed by atoms with Gasteiger partial charge in [0.1, 0.15) is 6.10 Å². The third-order valence-corrected chi connectivity index (χ3v) is 6.22. The van der Waals surface area contributed by atoms with E-state index in [0.29, 0.717) is 6.42 Å². The number of unbranched alkanes of at least 4 members (excludes halogenated alkanes) is 16. The van der Waals surface area contributed by atoms with Gasteiger partial charge in [-0.25, -0.2) is 0 Å². The number of hydrogen-bond donors (Lipinski definition) is 1. The topological polar surface area (TPSA) is 63.6 Å². The Bertz CT molecular complexity index is 472. The van der Waals surface area contributed by atoms with Gasteiger partial charge in [-0.05, 0) is 44.6 Å². The van der Waals surface area contributed by atoms with Gasteiger partial charge in [-0.3, -0.25) is 9.59 Å². The molecule has 0 aliphatic rings. The minimum atomic E-state index is -0.722. The van der Waals surface area contributed by atoms with Crippen molar-refractivity contribution in [3.8, 4) is 0 Å². The Labute approximate surface area is 204 Å². The van der Waals surface area contributed by atoms with E-state index in [1.807, 2.05) is 0 Å². The van der Waals surface area contributed by atoms with Gasteiger partial charge in [0.2, 0.25) is 0 Å². The Kier molecular flexibility index (Phi) is 24.3. The van der Waals surface area contributed by atoms with Gasteiger partial charge in [0.15, 0.2) is 0 Å². The summed E-state index contributed by atoms with van der Waals surface area (Å²) in [7, 11) is 0. The maximum absolute atomic E-state index is 12.4. The van der Waals surface area contributed by atoms with Gasteiger partial charge in [-0.1, -0.05) is 110 Å². The van der Waals surface area contributed by atoms with E-state index in [1.165, 1.54) is 77.0 Å². The standard InChI is InChI=1S/C29H54O4/c1-3-5-7-9-11-12-13-14-16-22-26-29(32)33-27(23-19-15-10-8-6-4-2)24-20-17-18-21-25-28(30)31/h19,23,27H,3-18,20-22,24-26H2,1-2H3,(H,30,31)/b23-19-. The normalized spacial score (nSPS) is 12.3. The average Bonchev–Trinajstić information content (AvgIpc) is 2.79. The summed E-state index contributed by atoms with van der Waals surface area (Å²) in [4.78, 5) is 23.0. The molecule has 0 aromatic rings. The number of rotatable bonds is 25. The molecule has 0 amide bonds. The number of carboxylic acids is 1. The van der Waals surface area contributed by atoms with Crippen molar-refractivity contribution in [2.75, 3.05) is 0 Å². The largest absolute Gasteiger partial charge is 0.481 e. The van der Waals surface area contributed by atoms with Crippen LogP contribution in [-0.2, 0) is 14.3 Å². The molecule has 0 aromatic heterocycles. The van der Waals surface area contributed by atoms with Crippen LogP contribution in [0.15, 0.2) is 12.2 Å². The fraction of sp³-hybridized carbons (Fsp3) is 0.862. The molecule has 0 aliphatic heterocycles. The lowest BCUT2D eigenvalue weighted by Crippen LogP contribution is -2.16. The number of aliphatic carboxylic acids is 1. The summed E-state index contributed by atoms with van der Waals surface area (Å²) in [5, 5.41) is 8.74. The molecule has 0 heterocycles. The Balaban J connectivity index is 4.05. The third kappa shape index (κ3) is 25.1. The first kappa shape index (κ1) is 31.7. The van der Waals surface area contributed by atoms with E-state index in [2.05, 4.69) is 26.0 Å². The highest BCUT2D eigenvalue weighted by atomic mass is 16.5. The quantitative estimate of drug-likeness (QED) is 0.0827. The first-order chi connectivity index (χ1) is 16.1. The summed E-state index contributed by atoms with van der Waals surface area (Å²) in [5.74, 6) is -0.791. The van der Waals surface area contributed by atoms with Crippen molar-refractivity contribution in [3.05, 3.63) is 12.2 Å². The molecule has 194 valence electrons. The molecule has 0 fully saturated rings. The highest BCUT2D eigenvalue weighted by Gasteiger charge is 2.11. The van der Waals surface area contributed by atoms with Gasteiger partial charge in [0.25, 0.3) is 0 Å². The molecule has 0 saturated carbocycles. The number of carboxylic acid groups (broad SMARTS) is 1. The molecule has 33 heavy (non-hydrogen) atoms. The van der Waals surface area contributed by atoms with E-state index < -0.39 is 5.97 Å². The predicted octanol–water partition coefficient (Wildman–Crippen LogP) is 9.16.